The van der Waals surface area contributed by atoms with Gasteiger partial charge in [0, 0.05) is 16.4 Å². The van der Waals surface area contributed by atoms with Gasteiger partial charge in [0.05, 0.1) is 11.4 Å². The van der Waals surface area contributed by atoms with Gasteiger partial charge in [-0.3, -0.25) is 0 Å². The minimum Gasteiger partial charge on any atom is -0.354 e. The Morgan fingerprint density at radius 1 is 0.571 bits per heavy atom. The third-order valence-electron chi connectivity index (χ3n) is 3.09. The first-order valence-electron chi connectivity index (χ1n) is 6.75. The number of rotatable bonds is 4. The Labute approximate surface area is 129 Å². The number of hydrogen-bond acceptors (Lipinski definition) is 2. The third kappa shape index (κ3) is 3.56. The minimum absolute atomic E-state index is 0.701. The maximum absolute atomic E-state index is 6.12. The maximum Gasteiger partial charge on any atom is 0.0638 e. The van der Waals surface area contributed by atoms with E-state index in [1.807, 2.05) is 78.9 Å². The predicted molar refractivity (Wildman–Crippen MR) is 90.9 cm³/mol. The van der Waals surface area contributed by atoms with Gasteiger partial charge in [0.1, 0.15) is 0 Å². The molecule has 0 amide bonds. The maximum atomic E-state index is 6.12. The molecule has 0 aliphatic rings. The lowest BCUT2D eigenvalue weighted by Crippen LogP contribution is -1.97. The van der Waals surface area contributed by atoms with Crippen molar-refractivity contribution in [2.24, 2.45) is 0 Å². The van der Waals surface area contributed by atoms with Gasteiger partial charge in [-0.1, -0.05) is 48.0 Å². The molecule has 104 valence electrons. The van der Waals surface area contributed by atoms with Crippen LogP contribution in [0.5, 0.6) is 0 Å². The first-order valence-corrected chi connectivity index (χ1v) is 7.13. The lowest BCUT2D eigenvalue weighted by atomic mass is 10.2. The van der Waals surface area contributed by atoms with Crippen LogP contribution < -0.4 is 10.6 Å². The molecular weight excluding hydrogens is 280 g/mol. The molecule has 0 heterocycles. The summed E-state index contributed by atoms with van der Waals surface area (Å²) in [6.45, 7) is 0. The summed E-state index contributed by atoms with van der Waals surface area (Å²) in [6.07, 6.45) is 0. The van der Waals surface area contributed by atoms with Gasteiger partial charge in [0.25, 0.3) is 0 Å². The van der Waals surface area contributed by atoms with Crippen LogP contribution in [0, 0.1) is 0 Å². The fraction of sp³-hybridized carbons (Fsp3) is 0. The first kappa shape index (κ1) is 13.5. The van der Waals surface area contributed by atoms with Crippen LogP contribution in [0.25, 0.3) is 0 Å². The Morgan fingerprint density at radius 2 is 1.10 bits per heavy atom. The predicted octanol–water partition coefficient (Wildman–Crippen LogP) is 5.83. The summed E-state index contributed by atoms with van der Waals surface area (Å²) in [5, 5.41) is 7.49. The zero-order valence-corrected chi connectivity index (χ0v) is 12.1. The van der Waals surface area contributed by atoms with E-state index in [0.717, 1.165) is 22.7 Å². The van der Waals surface area contributed by atoms with Crippen LogP contribution in [0.15, 0.2) is 78.9 Å². The average molecular weight is 295 g/mol. The molecule has 0 aromatic heterocycles. The van der Waals surface area contributed by atoms with Crippen molar-refractivity contribution in [2.45, 2.75) is 0 Å². The molecule has 2 N–H and O–H groups in total. The Kier molecular flexibility index (Phi) is 4.08. The van der Waals surface area contributed by atoms with Crippen molar-refractivity contribution in [1.82, 2.24) is 0 Å². The van der Waals surface area contributed by atoms with E-state index in [4.69, 9.17) is 11.6 Å². The highest BCUT2D eigenvalue weighted by Crippen LogP contribution is 2.31. The monoisotopic (exact) mass is 294 g/mol. The Balaban J connectivity index is 1.90. The quantitative estimate of drug-likeness (QED) is 0.633. The second-order valence-electron chi connectivity index (χ2n) is 4.67. The van der Waals surface area contributed by atoms with Gasteiger partial charge in [0.15, 0.2) is 0 Å². The molecule has 2 nitrogen and oxygen atoms in total. The van der Waals surface area contributed by atoms with Crippen LogP contribution in [-0.4, -0.2) is 0 Å². The fourth-order valence-electron chi connectivity index (χ4n) is 2.08. The fourth-order valence-corrected chi connectivity index (χ4v) is 2.25. The molecule has 0 saturated heterocycles. The van der Waals surface area contributed by atoms with Crippen molar-refractivity contribution in [3.63, 3.8) is 0 Å². The standard InChI is InChI=1S/C18H15ClN2/c19-14-11-12-17(20-15-7-3-1-4-8-15)18(13-14)21-16-9-5-2-6-10-16/h1-13,20-21H. The van der Waals surface area contributed by atoms with E-state index >= 15 is 0 Å². The normalized spacial score (nSPS) is 10.1. The molecule has 0 radical (unpaired) electrons. The van der Waals surface area contributed by atoms with Gasteiger partial charge >= 0.3 is 0 Å². The van der Waals surface area contributed by atoms with Gasteiger partial charge < -0.3 is 10.6 Å². The van der Waals surface area contributed by atoms with E-state index in [2.05, 4.69) is 10.6 Å². The second kappa shape index (κ2) is 6.33. The average Bonchev–Trinajstić information content (AvgIpc) is 2.52. The summed E-state index contributed by atoms with van der Waals surface area (Å²) in [4.78, 5) is 0. The zero-order chi connectivity index (χ0) is 14.5. The van der Waals surface area contributed by atoms with Gasteiger partial charge in [0.2, 0.25) is 0 Å². The summed E-state index contributed by atoms with van der Waals surface area (Å²) in [7, 11) is 0. The van der Waals surface area contributed by atoms with E-state index < -0.39 is 0 Å². The van der Waals surface area contributed by atoms with Crippen LogP contribution in [-0.2, 0) is 0 Å². The molecule has 0 fully saturated rings. The SMILES string of the molecule is Clc1ccc(Nc2ccccc2)c(Nc2ccccc2)c1. The van der Waals surface area contributed by atoms with E-state index in [-0.39, 0.29) is 0 Å². The Bertz CT molecular complexity index is 712. The lowest BCUT2D eigenvalue weighted by molar-refractivity contribution is 1.50. The Morgan fingerprint density at radius 3 is 1.67 bits per heavy atom. The topological polar surface area (TPSA) is 24.1 Å². The number of benzene rings is 3. The molecule has 3 aromatic rings. The molecule has 0 saturated carbocycles. The van der Waals surface area contributed by atoms with E-state index in [1.54, 1.807) is 0 Å². The van der Waals surface area contributed by atoms with Crippen molar-refractivity contribution < 1.29 is 0 Å². The highest BCUT2D eigenvalue weighted by Gasteiger charge is 2.04. The van der Waals surface area contributed by atoms with E-state index in [1.165, 1.54) is 0 Å². The number of nitrogens with one attached hydrogen (secondary N) is 2. The van der Waals surface area contributed by atoms with Crippen LogP contribution in [0.3, 0.4) is 0 Å². The molecule has 3 heteroatoms. The Hall–Kier alpha value is -2.45. The molecule has 21 heavy (non-hydrogen) atoms. The summed E-state index contributed by atoms with van der Waals surface area (Å²) < 4.78 is 0. The van der Waals surface area contributed by atoms with Crippen molar-refractivity contribution in [3.8, 4) is 0 Å². The summed E-state index contributed by atoms with van der Waals surface area (Å²) in [5.41, 5.74) is 3.99. The third-order valence-corrected chi connectivity index (χ3v) is 3.32. The van der Waals surface area contributed by atoms with Crippen LogP contribution in [0.4, 0.5) is 22.7 Å². The molecule has 0 bridgehead atoms. The van der Waals surface area contributed by atoms with Crippen molar-refractivity contribution in [3.05, 3.63) is 83.9 Å². The molecule has 3 rings (SSSR count). The van der Waals surface area contributed by atoms with Gasteiger partial charge in [-0.25, -0.2) is 0 Å². The molecule has 0 unspecified atom stereocenters. The number of para-hydroxylation sites is 2. The summed E-state index contributed by atoms with van der Waals surface area (Å²) in [6, 6.07) is 25.9. The molecule has 0 atom stereocenters. The highest BCUT2D eigenvalue weighted by atomic mass is 35.5. The highest BCUT2D eigenvalue weighted by molar-refractivity contribution is 6.31. The minimum atomic E-state index is 0.701. The van der Waals surface area contributed by atoms with Crippen LogP contribution in [0.1, 0.15) is 0 Å². The number of halogens is 1. The molecule has 0 spiro atoms. The van der Waals surface area contributed by atoms with Crippen LogP contribution in [0.2, 0.25) is 5.02 Å². The summed E-state index contributed by atoms with van der Waals surface area (Å²) >= 11 is 6.12. The first-order chi connectivity index (χ1) is 10.3. The molecule has 0 aliphatic heterocycles. The van der Waals surface area contributed by atoms with Gasteiger partial charge in [-0.15, -0.1) is 0 Å². The largest absolute Gasteiger partial charge is 0.354 e. The summed E-state index contributed by atoms with van der Waals surface area (Å²) in [5.74, 6) is 0. The number of anilines is 4. The van der Waals surface area contributed by atoms with Crippen molar-refractivity contribution >= 4 is 34.4 Å². The zero-order valence-electron chi connectivity index (χ0n) is 11.4. The van der Waals surface area contributed by atoms with Crippen molar-refractivity contribution in [1.29, 1.82) is 0 Å². The molecule has 0 aliphatic carbocycles. The van der Waals surface area contributed by atoms with E-state index in [0.29, 0.717) is 5.02 Å². The smallest absolute Gasteiger partial charge is 0.0638 e. The lowest BCUT2D eigenvalue weighted by Gasteiger charge is -2.14. The molecule has 3 aromatic carbocycles. The van der Waals surface area contributed by atoms with Crippen LogP contribution >= 0.6 is 11.6 Å². The van der Waals surface area contributed by atoms with Gasteiger partial charge in [-0.2, -0.15) is 0 Å². The van der Waals surface area contributed by atoms with E-state index in [9.17, 15) is 0 Å². The molecular formula is C18H15ClN2. The van der Waals surface area contributed by atoms with Crippen molar-refractivity contribution in [2.75, 3.05) is 10.6 Å². The van der Waals surface area contributed by atoms with Gasteiger partial charge in [-0.05, 0) is 42.5 Å². The second-order valence-corrected chi connectivity index (χ2v) is 5.11. The number of hydrogen-bond donors (Lipinski definition) is 2.